The van der Waals surface area contributed by atoms with Gasteiger partial charge in [0.25, 0.3) is 0 Å². The van der Waals surface area contributed by atoms with Gasteiger partial charge in [0.1, 0.15) is 6.04 Å². The molecule has 0 saturated heterocycles. The Bertz CT molecular complexity index is 649. The minimum atomic E-state index is -0.634. The number of anilines is 1. The Labute approximate surface area is 142 Å². The van der Waals surface area contributed by atoms with Crippen LogP contribution in [0.5, 0.6) is 0 Å². The van der Waals surface area contributed by atoms with Crippen LogP contribution < -0.4 is 10.6 Å². The largest absolute Gasteiger partial charge is 0.467 e. The fourth-order valence-corrected chi connectivity index (χ4v) is 2.85. The van der Waals surface area contributed by atoms with Gasteiger partial charge in [0, 0.05) is 23.0 Å². The molecule has 5 nitrogen and oxygen atoms in total. The summed E-state index contributed by atoms with van der Waals surface area (Å²) < 4.78 is 4.82. The summed E-state index contributed by atoms with van der Waals surface area (Å²) >= 11 is 12.7. The first-order valence-electron chi connectivity index (χ1n) is 6.38. The fraction of sp³-hybridized carbons (Fsp3) is 0.214. The van der Waals surface area contributed by atoms with Crippen molar-refractivity contribution < 1.29 is 9.53 Å². The lowest BCUT2D eigenvalue weighted by molar-refractivity contribution is -0.142. The topological polar surface area (TPSA) is 63.2 Å². The molecule has 0 amide bonds. The second-order valence-electron chi connectivity index (χ2n) is 4.31. The molecule has 0 radical (unpaired) electrons. The number of thiazole rings is 1. The van der Waals surface area contributed by atoms with Crippen molar-refractivity contribution in [3.8, 4) is 0 Å². The van der Waals surface area contributed by atoms with E-state index in [0.29, 0.717) is 21.7 Å². The zero-order valence-electron chi connectivity index (χ0n) is 11.7. The summed E-state index contributed by atoms with van der Waals surface area (Å²) in [7, 11) is 1.33. The number of thiocarbonyl (C=S) groups is 1. The monoisotopic (exact) mass is 355 g/mol. The summed E-state index contributed by atoms with van der Waals surface area (Å²) in [5.41, 5.74) is 0.837. The van der Waals surface area contributed by atoms with E-state index in [1.54, 1.807) is 12.3 Å². The number of halogens is 1. The number of nitrogens with zero attached hydrogens (tertiary/aromatic N) is 1. The van der Waals surface area contributed by atoms with Crippen LogP contribution in [-0.4, -0.2) is 29.2 Å². The van der Waals surface area contributed by atoms with Crippen molar-refractivity contribution >= 4 is 51.4 Å². The van der Waals surface area contributed by atoms with E-state index in [4.69, 9.17) is 28.6 Å². The van der Waals surface area contributed by atoms with E-state index in [0.717, 1.165) is 5.56 Å². The van der Waals surface area contributed by atoms with E-state index in [1.807, 2.05) is 23.6 Å². The molecule has 0 fully saturated rings. The molecule has 1 aromatic carbocycles. The van der Waals surface area contributed by atoms with Crippen LogP contribution in [0.15, 0.2) is 35.8 Å². The first kappa shape index (κ1) is 16.7. The highest BCUT2D eigenvalue weighted by atomic mass is 35.5. The molecular formula is C14H14ClN3O2S2. The molecular weight excluding hydrogens is 342 g/mol. The minimum absolute atomic E-state index is 0.303. The first-order valence-corrected chi connectivity index (χ1v) is 8.05. The smallest absolute Gasteiger partial charge is 0.328 e. The van der Waals surface area contributed by atoms with Gasteiger partial charge in [-0.3, -0.25) is 0 Å². The van der Waals surface area contributed by atoms with E-state index in [9.17, 15) is 4.79 Å². The number of hydrogen-bond donors (Lipinski definition) is 2. The maximum Gasteiger partial charge on any atom is 0.328 e. The van der Waals surface area contributed by atoms with Crippen LogP contribution in [0, 0.1) is 0 Å². The highest BCUT2D eigenvalue weighted by molar-refractivity contribution is 7.80. The van der Waals surface area contributed by atoms with E-state index < -0.39 is 12.0 Å². The number of rotatable bonds is 5. The molecule has 0 aliphatic rings. The molecule has 0 aliphatic heterocycles. The zero-order valence-corrected chi connectivity index (χ0v) is 14.1. The maximum atomic E-state index is 11.9. The molecule has 22 heavy (non-hydrogen) atoms. The summed E-state index contributed by atoms with van der Waals surface area (Å²) in [6.07, 6.45) is 2.03. The summed E-state index contributed by atoms with van der Waals surface area (Å²) in [6, 6.07) is 6.70. The average Bonchev–Trinajstić information content (AvgIpc) is 3.00. The Morgan fingerprint density at radius 2 is 2.27 bits per heavy atom. The Morgan fingerprint density at radius 1 is 1.50 bits per heavy atom. The van der Waals surface area contributed by atoms with Gasteiger partial charge in [-0.25, -0.2) is 9.78 Å². The molecule has 116 valence electrons. The molecule has 1 aromatic heterocycles. The van der Waals surface area contributed by atoms with E-state index in [1.165, 1.54) is 18.4 Å². The summed E-state index contributed by atoms with van der Waals surface area (Å²) in [5.74, 6) is -0.414. The molecule has 0 bridgehead atoms. The van der Waals surface area contributed by atoms with Gasteiger partial charge in [0.15, 0.2) is 10.2 Å². The molecule has 1 atom stereocenters. The third-order valence-electron chi connectivity index (χ3n) is 2.83. The van der Waals surface area contributed by atoms with Crippen LogP contribution in [-0.2, 0) is 16.0 Å². The zero-order chi connectivity index (χ0) is 15.9. The number of nitrogens with one attached hydrogen (secondary N) is 2. The number of hydrogen-bond acceptors (Lipinski definition) is 5. The molecule has 0 unspecified atom stereocenters. The fourth-order valence-electron chi connectivity index (χ4n) is 1.80. The predicted octanol–water partition coefficient (Wildman–Crippen LogP) is 2.87. The quantitative estimate of drug-likeness (QED) is 0.635. The van der Waals surface area contributed by atoms with Crippen molar-refractivity contribution in [2.45, 2.75) is 12.5 Å². The highest BCUT2D eigenvalue weighted by Gasteiger charge is 2.21. The van der Waals surface area contributed by atoms with Crippen molar-refractivity contribution in [3.05, 3.63) is 46.4 Å². The SMILES string of the molecule is COC(=O)[C@H](Cc1ccccc1Cl)NC(=S)Nc1nccs1. The van der Waals surface area contributed by atoms with Crippen LogP contribution in [0.25, 0.3) is 0 Å². The minimum Gasteiger partial charge on any atom is -0.467 e. The van der Waals surface area contributed by atoms with Gasteiger partial charge in [-0.2, -0.15) is 0 Å². The lowest BCUT2D eigenvalue weighted by Crippen LogP contribution is -2.44. The van der Waals surface area contributed by atoms with Crippen LogP contribution in [0.1, 0.15) is 5.56 Å². The van der Waals surface area contributed by atoms with Crippen LogP contribution in [0.2, 0.25) is 5.02 Å². The van der Waals surface area contributed by atoms with Crippen molar-refractivity contribution in [3.63, 3.8) is 0 Å². The van der Waals surface area contributed by atoms with Gasteiger partial charge >= 0.3 is 5.97 Å². The molecule has 0 aliphatic carbocycles. The number of benzene rings is 1. The Hall–Kier alpha value is -1.70. The lowest BCUT2D eigenvalue weighted by atomic mass is 10.1. The number of ether oxygens (including phenoxy) is 1. The van der Waals surface area contributed by atoms with E-state index >= 15 is 0 Å². The molecule has 8 heteroatoms. The van der Waals surface area contributed by atoms with Crippen molar-refractivity contribution in [2.75, 3.05) is 12.4 Å². The third-order valence-corrected chi connectivity index (χ3v) is 4.10. The Kier molecular flexibility index (Phi) is 6.11. The average molecular weight is 356 g/mol. The Morgan fingerprint density at radius 3 is 2.91 bits per heavy atom. The molecule has 1 heterocycles. The van der Waals surface area contributed by atoms with E-state index in [2.05, 4.69) is 15.6 Å². The number of methoxy groups -OCH3 is 1. The van der Waals surface area contributed by atoms with Gasteiger partial charge in [-0.15, -0.1) is 11.3 Å². The van der Waals surface area contributed by atoms with Gasteiger partial charge in [-0.1, -0.05) is 29.8 Å². The lowest BCUT2D eigenvalue weighted by Gasteiger charge is -2.18. The standard InChI is InChI=1S/C14H14ClN3O2S2/c1-20-12(19)11(8-9-4-2-3-5-10(9)15)17-13(21)18-14-16-6-7-22-14/h2-7,11H,8H2,1H3,(H2,16,17,18,21)/t11-/m0/s1. The normalized spacial score (nSPS) is 11.5. The highest BCUT2D eigenvalue weighted by Crippen LogP contribution is 2.17. The maximum absolute atomic E-state index is 11.9. The number of carbonyl (C=O) groups is 1. The van der Waals surface area contributed by atoms with E-state index in [-0.39, 0.29) is 0 Å². The van der Waals surface area contributed by atoms with Crippen molar-refractivity contribution in [1.82, 2.24) is 10.3 Å². The third kappa shape index (κ3) is 4.66. The second-order valence-corrected chi connectivity index (χ2v) is 6.02. The van der Waals surface area contributed by atoms with Crippen molar-refractivity contribution in [1.29, 1.82) is 0 Å². The summed E-state index contributed by atoms with van der Waals surface area (Å²) in [5, 5.41) is 9.23. The van der Waals surface area contributed by atoms with Gasteiger partial charge < -0.3 is 15.4 Å². The molecule has 2 rings (SSSR count). The molecule has 0 spiro atoms. The second kappa shape index (κ2) is 8.07. The first-order chi connectivity index (χ1) is 10.6. The van der Waals surface area contributed by atoms with Crippen LogP contribution in [0.4, 0.5) is 5.13 Å². The van der Waals surface area contributed by atoms with Crippen molar-refractivity contribution in [2.24, 2.45) is 0 Å². The van der Waals surface area contributed by atoms with Gasteiger partial charge in [0.2, 0.25) is 0 Å². The van der Waals surface area contributed by atoms with Gasteiger partial charge in [-0.05, 0) is 23.8 Å². The molecule has 0 saturated carbocycles. The number of esters is 1. The summed E-state index contributed by atoms with van der Waals surface area (Å²) in [6.45, 7) is 0. The molecule has 2 N–H and O–H groups in total. The number of carbonyl (C=O) groups excluding carboxylic acids is 1. The predicted molar refractivity (Wildman–Crippen MR) is 92.4 cm³/mol. The summed E-state index contributed by atoms with van der Waals surface area (Å²) in [4.78, 5) is 16.0. The Balaban J connectivity index is 2.05. The van der Waals surface area contributed by atoms with Crippen LogP contribution in [0.3, 0.4) is 0 Å². The number of aromatic nitrogens is 1. The van der Waals surface area contributed by atoms with Gasteiger partial charge in [0.05, 0.1) is 7.11 Å². The molecule has 2 aromatic rings. The van der Waals surface area contributed by atoms with Crippen LogP contribution >= 0.6 is 35.2 Å².